The molecule has 0 aliphatic rings. The number of nitrogens with zero attached hydrogens (tertiary/aromatic N) is 3. The second-order valence-electron chi connectivity index (χ2n) is 12.4. The molecule has 0 spiro atoms. The van der Waals surface area contributed by atoms with Crippen molar-refractivity contribution in [1.82, 2.24) is 19.8 Å². The Labute approximate surface area is 286 Å². The van der Waals surface area contributed by atoms with Gasteiger partial charge in [-0.3, -0.25) is 9.59 Å². The summed E-state index contributed by atoms with van der Waals surface area (Å²) >= 11 is 1.25. The first-order chi connectivity index (χ1) is 23.1. The number of amides is 1. The predicted molar refractivity (Wildman–Crippen MR) is 194 cm³/mol. The van der Waals surface area contributed by atoms with Gasteiger partial charge in [-0.1, -0.05) is 91.5 Å². The van der Waals surface area contributed by atoms with Crippen molar-refractivity contribution in [2.75, 3.05) is 26.4 Å². The monoisotopic (exact) mass is 662 g/mol. The van der Waals surface area contributed by atoms with Crippen molar-refractivity contribution in [3.05, 3.63) is 125 Å². The van der Waals surface area contributed by atoms with Crippen molar-refractivity contribution >= 4 is 39.8 Å². The van der Waals surface area contributed by atoms with Gasteiger partial charge in [0.15, 0.2) is 0 Å². The number of hydrogen-bond acceptors (Lipinski definition) is 6. The van der Waals surface area contributed by atoms with Crippen LogP contribution >= 0.6 is 11.8 Å². The Morgan fingerprint density at radius 1 is 0.938 bits per heavy atom. The Balaban J connectivity index is 1.42. The van der Waals surface area contributed by atoms with Gasteiger partial charge in [0.25, 0.3) is 5.91 Å². The summed E-state index contributed by atoms with van der Waals surface area (Å²) in [6.07, 6.45) is 2.32. The van der Waals surface area contributed by atoms with Gasteiger partial charge in [0, 0.05) is 30.3 Å². The average molecular weight is 663 g/mol. The van der Waals surface area contributed by atoms with Gasteiger partial charge >= 0.3 is 5.97 Å². The molecule has 0 unspecified atom stereocenters. The Morgan fingerprint density at radius 3 is 2.33 bits per heavy atom. The zero-order valence-electron chi connectivity index (χ0n) is 27.9. The number of likely N-dealkylation sites (N-methyl/N-ethyl adjacent to an activating group) is 1. The highest BCUT2D eigenvalue weighted by Crippen LogP contribution is 2.27. The maximum Gasteiger partial charge on any atom is 0.336 e. The van der Waals surface area contributed by atoms with Gasteiger partial charge in [0.2, 0.25) is 5.12 Å². The van der Waals surface area contributed by atoms with Crippen LogP contribution in [0.1, 0.15) is 56.6 Å². The van der Waals surface area contributed by atoms with Crippen molar-refractivity contribution in [3.8, 4) is 11.1 Å². The van der Waals surface area contributed by atoms with E-state index in [2.05, 4.69) is 16.8 Å². The molecule has 1 heterocycles. The normalized spacial score (nSPS) is 11.9. The number of benzene rings is 4. The van der Waals surface area contributed by atoms with Crippen molar-refractivity contribution in [2.45, 2.75) is 45.7 Å². The molecule has 5 aromatic rings. The minimum atomic E-state index is -0.957. The molecule has 1 aromatic heterocycles. The van der Waals surface area contributed by atoms with Crippen LogP contribution in [0.3, 0.4) is 0 Å². The van der Waals surface area contributed by atoms with Crippen LogP contribution in [0, 0.1) is 6.92 Å². The van der Waals surface area contributed by atoms with Gasteiger partial charge in [0.1, 0.15) is 5.82 Å². The van der Waals surface area contributed by atoms with Gasteiger partial charge in [-0.05, 0) is 79.9 Å². The molecule has 0 aliphatic carbocycles. The molecule has 0 aliphatic heterocycles. The van der Waals surface area contributed by atoms with Crippen molar-refractivity contribution in [3.63, 3.8) is 0 Å². The number of nitrogens with one attached hydrogen (secondary N) is 1. The maximum absolute atomic E-state index is 13.8. The van der Waals surface area contributed by atoms with Gasteiger partial charge in [-0.15, -0.1) is 0 Å². The quantitative estimate of drug-likeness (QED) is 0.134. The van der Waals surface area contributed by atoms with Crippen LogP contribution in [-0.4, -0.2) is 69.0 Å². The standard InChI is InChI=1S/C39H42N4O4S/c1-5-11-35-41-37-26(2)20-30(38(45)40-31(21-27-12-7-6-8-13-27)25-48-36(44)24-42(3)4)22-34(37)43(35)23-28-16-18-29(19-17-28)32-14-9-10-15-33(32)39(46)47/h6-10,12-20,22,31H,5,11,21,23-25H2,1-4H3,(H,40,45)(H,46,47)/t31-/m1/s1. The molecule has 0 saturated carbocycles. The number of rotatable bonds is 14. The largest absolute Gasteiger partial charge is 0.478 e. The zero-order valence-corrected chi connectivity index (χ0v) is 28.7. The van der Waals surface area contributed by atoms with Crippen LogP contribution < -0.4 is 5.32 Å². The fraction of sp³-hybridized carbons (Fsp3) is 0.282. The zero-order chi connectivity index (χ0) is 34.2. The fourth-order valence-electron chi connectivity index (χ4n) is 5.87. The molecular formula is C39H42N4O4S. The third-order valence-electron chi connectivity index (χ3n) is 8.17. The van der Waals surface area contributed by atoms with Crippen LogP contribution in [0.25, 0.3) is 22.2 Å². The molecule has 1 amide bonds. The number of carbonyl (C=O) groups excluding carboxylic acids is 2. The number of fused-ring (bicyclic) bond motifs is 1. The summed E-state index contributed by atoms with van der Waals surface area (Å²) < 4.78 is 2.18. The fourth-order valence-corrected chi connectivity index (χ4v) is 6.81. The van der Waals surface area contributed by atoms with E-state index in [-0.39, 0.29) is 22.6 Å². The first-order valence-corrected chi connectivity index (χ1v) is 17.2. The van der Waals surface area contributed by atoms with Crippen LogP contribution in [0.4, 0.5) is 0 Å². The summed E-state index contributed by atoms with van der Waals surface area (Å²) in [5.74, 6) is 0.279. The van der Waals surface area contributed by atoms with Crippen LogP contribution in [0.15, 0.2) is 91.0 Å². The van der Waals surface area contributed by atoms with E-state index in [9.17, 15) is 19.5 Å². The van der Waals surface area contributed by atoms with Crippen LogP contribution in [-0.2, 0) is 24.2 Å². The third-order valence-corrected chi connectivity index (χ3v) is 9.19. The summed E-state index contributed by atoms with van der Waals surface area (Å²) in [5.41, 5.74) is 7.13. The second kappa shape index (κ2) is 15.9. The summed E-state index contributed by atoms with van der Waals surface area (Å²) in [6.45, 7) is 5.00. The number of aromatic nitrogens is 2. The highest BCUT2D eigenvalue weighted by atomic mass is 32.2. The van der Waals surface area contributed by atoms with Gasteiger partial charge in [-0.2, -0.15) is 0 Å². The maximum atomic E-state index is 13.8. The number of thioether (sulfide) groups is 1. The van der Waals surface area contributed by atoms with E-state index in [0.29, 0.717) is 36.4 Å². The summed E-state index contributed by atoms with van der Waals surface area (Å²) in [5, 5.41) is 12.9. The Hall–Kier alpha value is -4.73. The number of carboxylic acids is 1. The van der Waals surface area contributed by atoms with Crippen molar-refractivity contribution in [1.29, 1.82) is 0 Å². The number of aryl methyl sites for hydroxylation is 2. The van der Waals surface area contributed by atoms with Crippen molar-refractivity contribution in [2.24, 2.45) is 0 Å². The number of aromatic carboxylic acids is 1. The van der Waals surface area contributed by atoms with E-state index >= 15 is 0 Å². The number of carboxylic acid groups (broad SMARTS) is 1. The highest BCUT2D eigenvalue weighted by Gasteiger charge is 2.20. The van der Waals surface area contributed by atoms with E-state index in [0.717, 1.165) is 52.0 Å². The van der Waals surface area contributed by atoms with Crippen LogP contribution in [0.2, 0.25) is 0 Å². The minimum Gasteiger partial charge on any atom is -0.478 e. The minimum absolute atomic E-state index is 0.0658. The lowest BCUT2D eigenvalue weighted by molar-refractivity contribution is -0.111. The van der Waals surface area contributed by atoms with Gasteiger partial charge in [0.05, 0.1) is 23.1 Å². The van der Waals surface area contributed by atoms with Gasteiger partial charge < -0.3 is 19.9 Å². The summed E-state index contributed by atoms with van der Waals surface area (Å²) in [6, 6.07) is 28.5. The molecule has 4 aromatic carbocycles. The van der Waals surface area contributed by atoms with E-state index in [1.165, 1.54) is 11.8 Å². The lowest BCUT2D eigenvalue weighted by atomic mass is 9.98. The number of carbonyl (C=O) groups is 3. The molecule has 48 heavy (non-hydrogen) atoms. The smallest absolute Gasteiger partial charge is 0.336 e. The van der Waals surface area contributed by atoms with Crippen LogP contribution in [0.5, 0.6) is 0 Å². The molecule has 0 bridgehead atoms. The lowest BCUT2D eigenvalue weighted by Crippen LogP contribution is -2.39. The molecule has 248 valence electrons. The Kier molecular flexibility index (Phi) is 11.5. The first-order valence-electron chi connectivity index (χ1n) is 16.2. The molecule has 5 rings (SSSR count). The molecule has 9 heteroatoms. The topological polar surface area (TPSA) is 105 Å². The second-order valence-corrected chi connectivity index (χ2v) is 13.4. The Bertz CT molecular complexity index is 1900. The molecule has 0 radical (unpaired) electrons. The highest BCUT2D eigenvalue weighted by molar-refractivity contribution is 8.13. The van der Waals surface area contributed by atoms with E-state index in [1.807, 2.05) is 105 Å². The average Bonchev–Trinajstić information content (AvgIpc) is 3.41. The lowest BCUT2D eigenvalue weighted by Gasteiger charge is -2.19. The summed E-state index contributed by atoms with van der Waals surface area (Å²) in [7, 11) is 3.74. The SMILES string of the molecule is CCCc1nc2c(C)cc(C(=O)N[C@@H](CSC(=O)CN(C)C)Cc3ccccc3)cc2n1Cc1ccc(-c2ccccc2C(=O)O)cc1. The molecule has 8 nitrogen and oxygen atoms in total. The van der Waals surface area contributed by atoms with E-state index in [4.69, 9.17) is 4.98 Å². The number of imidazole rings is 1. The molecule has 2 N–H and O–H groups in total. The van der Waals surface area contributed by atoms with Gasteiger partial charge in [-0.25, -0.2) is 9.78 Å². The molecule has 1 atom stereocenters. The van der Waals surface area contributed by atoms with Crippen molar-refractivity contribution < 1.29 is 19.5 Å². The van der Waals surface area contributed by atoms with E-state index in [1.54, 1.807) is 12.1 Å². The third kappa shape index (κ3) is 8.59. The number of hydrogen-bond donors (Lipinski definition) is 2. The molecule has 0 fully saturated rings. The Morgan fingerprint density at radius 2 is 1.65 bits per heavy atom. The molecule has 0 saturated heterocycles. The van der Waals surface area contributed by atoms with E-state index < -0.39 is 5.97 Å². The summed E-state index contributed by atoms with van der Waals surface area (Å²) in [4.78, 5) is 45.0. The predicted octanol–water partition coefficient (Wildman–Crippen LogP) is 6.87. The molecular weight excluding hydrogens is 621 g/mol. The first kappa shape index (κ1) is 34.6.